The number of likely N-dealkylation sites (tertiary alicyclic amines) is 1. The van der Waals surface area contributed by atoms with Gasteiger partial charge in [-0.05, 0) is 57.7 Å². The van der Waals surface area contributed by atoms with Gasteiger partial charge in [0.15, 0.2) is 0 Å². The summed E-state index contributed by atoms with van der Waals surface area (Å²) < 4.78 is 0. The van der Waals surface area contributed by atoms with Gasteiger partial charge in [-0.25, -0.2) is 0 Å². The third kappa shape index (κ3) is 4.98. The van der Waals surface area contributed by atoms with Crippen LogP contribution in [-0.2, 0) is 0 Å². The fraction of sp³-hybridized carbons (Fsp3) is 1.00. The summed E-state index contributed by atoms with van der Waals surface area (Å²) in [5.41, 5.74) is 0. The lowest BCUT2D eigenvalue weighted by molar-refractivity contribution is 0.138. The largest absolute Gasteiger partial charge is 0.393 e. The summed E-state index contributed by atoms with van der Waals surface area (Å²) in [5, 5.41) is 9.45. The minimum Gasteiger partial charge on any atom is -0.393 e. The number of hydrogen-bond acceptors (Lipinski definition) is 2. The van der Waals surface area contributed by atoms with Crippen molar-refractivity contribution in [2.75, 3.05) is 19.6 Å². The van der Waals surface area contributed by atoms with Gasteiger partial charge in [0, 0.05) is 0 Å². The van der Waals surface area contributed by atoms with Gasteiger partial charge in [-0.15, -0.1) is 0 Å². The molecule has 1 aliphatic heterocycles. The molecule has 0 aliphatic carbocycles. The average Bonchev–Trinajstić information content (AvgIpc) is 2.29. The number of piperidine rings is 1. The van der Waals surface area contributed by atoms with Crippen LogP contribution >= 0.6 is 0 Å². The number of rotatable bonds is 6. The van der Waals surface area contributed by atoms with Crippen molar-refractivity contribution in [2.24, 2.45) is 5.92 Å². The quantitative estimate of drug-likeness (QED) is 0.733. The van der Waals surface area contributed by atoms with Crippen LogP contribution in [0.5, 0.6) is 0 Å². The first kappa shape index (κ1) is 13.0. The topological polar surface area (TPSA) is 23.5 Å². The maximum Gasteiger partial charge on any atom is 0.0538 e. The summed E-state index contributed by atoms with van der Waals surface area (Å²) in [6, 6.07) is 0. The molecule has 1 fully saturated rings. The molecule has 15 heavy (non-hydrogen) atoms. The predicted octanol–water partition coefficient (Wildman–Crippen LogP) is 2.66. The summed E-state index contributed by atoms with van der Waals surface area (Å²) in [6.45, 7) is 8.10. The highest BCUT2D eigenvalue weighted by Crippen LogP contribution is 2.20. The van der Waals surface area contributed by atoms with Gasteiger partial charge in [-0.3, -0.25) is 0 Å². The Morgan fingerprint density at radius 1 is 1.27 bits per heavy atom. The Morgan fingerprint density at radius 2 is 1.93 bits per heavy atom. The lowest BCUT2D eigenvalue weighted by Gasteiger charge is -2.31. The van der Waals surface area contributed by atoms with Crippen LogP contribution in [0.2, 0.25) is 0 Å². The Balaban J connectivity index is 2.03. The molecule has 0 bridgehead atoms. The minimum atomic E-state index is -0.0711. The number of aliphatic hydroxyl groups excluding tert-OH is 1. The second-order valence-electron chi connectivity index (χ2n) is 4.90. The molecule has 2 heteroatoms. The lowest BCUT2D eigenvalue weighted by Crippen LogP contribution is -2.34. The van der Waals surface area contributed by atoms with Gasteiger partial charge in [-0.2, -0.15) is 0 Å². The summed E-state index contributed by atoms with van der Waals surface area (Å²) >= 11 is 0. The van der Waals surface area contributed by atoms with Gasteiger partial charge < -0.3 is 10.0 Å². The number of hydrogen-bond donors (Lipinski definition) is 1. The summed E-state index contributed by atoms with van der Waals surface area (Å²) in [6.07, 6.45) is 7.08. The van der Waals surface area contributed by atoms with Crippen LogP contribution in [0, 0.1) is 5.92 Å². The van der Waals surface area contributed by atoms with Crippen molar-refractivity contribution in [3.8, 4) is 0 Å². The molecular weight excluding hydrogens is 186 g/mol. The molecule has 90 valence electrons. The molecule has 1 heterocycles. The van der Waals surface area contributed by atoms with Gasteiger partial charge in [0.2, 0.25) is 0 Å². The molecule has 0 aromatic rings. The SMILES string of the molecule is CCC(O)CCCN1CCC(CC)CC1. The Kier molecular flexibility index (Phi) is 6.26. The van der Waals surface area contributed by atoms with E-state index >= 15 is 0 Å². The van der Waals surface area contributed by atoms with Crippen LogP contribution in [0.3, 0.4) is 0 Å². The molecule has 0 spiro atoms. The molecule has 0 amide bonds. The van der Waals surface area contributed by atoms with Crippen LogP contribution in [0.1, 0.15) is 52.4 Å². The summed E-state index contributed by atoms with van der Waals surface area (Å²) in [4.78, 5) is 2.56. The van der Waals surface area contributed by atoms with Crippen LogP contribution in [0.4, 0.5) is 0 Å². The van der Waals surface area contributed by atoms with Crippen LogP contribution in [-0.4, -0.2) is 35.7 Å². The van der Waals surface area contributed by atoms with Gasteiger partial charge >= 0.3 is 0 Å². The van der Waals surface area contributed by atoms with Gasteiger partial charge in [0.25, 0.3) is 0 Å². The van der Waals surface area contributed by atoms with Crippen LogP contribution < -0.4 is 0 Å². The number of aliphatic hydroxyl groups is 1. The zero-order chi connectivity index (χ0) is 11.1. The van der Waals surface area contributed by atoms with E-state index in [4.69, 9.17) is 0 Å². The predicted molar refractivity (Wildman–Crippen MR) is 65.0 cm³/mol. The monoisotopic (exact) mass is 213 g/mol. The van der Waals surface area contributed by atoms with Gasteiger partial charge in [0.1, 0.15) is 0 Å². The maximum absolute atomic E-state index is 9.45. The molecule has 1 unspecified atom stereocenters. The van der Waals surface area contributed by atoms with E-state index in [2.05, 4.69) is 18.7 Å². The molecule has 1 rings (SSSR count). The highest BCUT2D eigenvalue weighted by Gasteiger charge is 2.17. The van der Waals surface area contributed by atoms with Gasteiger partial charge in [0.05, 0.1) is 6.10 Å². The molecule has 1 atom stereocenters. The zero-order valence-corrected chi connectivity index (χ0v) is 10.4. The van der Waals surface area contributed by atoms with Crippen molar-refractivity contribution in [1.82, 2.24) is 4.90 Å². The first-order chi connectivity index (χ1) is 7.26. The standard InChI is InChI=1S/C13H27NO/c1-3-12-7-10-14(11-8-12)9-5-6-13(15)4-2/h12-13,15H,3-11H2,1-2H3. The van der Waals surface area contributed by atoms with E-state index in [9.17, 15) is 5.11 Å². The number of nitrogens with zero attached hydrogens (tertiary/aromatic N) is 1. The molecule has 0 radical (unpaired) electrons. The maximum atomic E-state index is 9.45. The fourth-order valence-corrected chi connectivity index (χ4v) is 2.37. The van der Waals surface area contributed by atoms with Gasteiger partial charge in [-0.1, -0.05) is 20.3 Å². The van der Waals surface area contributed by atoms with E-state index in [-0.39, 0.29) is 6.10 Å². The smallest absolute Gasteiger partial charge is 0.0538 e. The van der Waals surface area contributed by atoms with Crippen molar-refractivity contribution in [3.05, 3.63) is 0 Å². The third-order valence-electron chi connectivity index (χ3n) is 3.77. The average molecular weight is 213 g/mol. The molecule has 0 aromatic carbocycles. The first-order valence-electron chi connectivity index (χ1n) is 6.66. The molecule has 1 aliphatic rings. The van der Waals surface area contributed by atoms with Crippen LogP contribution in [0.15, 0.2) is 0 Å². The van der Waals surface area contributed by atoms with Crippen molar-refractivity contribution in [3.63, 3.8) is 0 Å². The van der Waals surface area contributed by atoms with E-state index < -0.39 is 0 Å². The van der Waals surface area contributed by atoms with E-state index in [1.165, 1.54) is 38.9 Å². The minimum absolute atomic E-state index is 0.0711. The highest BCUT2D eigenvalue weighted by molar-refractivity contribution is 4.71. The Morgan fingerprint density at radius 3 is 2.47 bits per heavy atom. The molecule has 1 N–H and O–H groups in total. The van der Waals surface area contributed by atoms with E-state index in [0.29, 0.717) is 0 Å². The van der Waals surface area contributed by atoms with Crippen molar-refractivity contribution >= 4 is 0 Å². The highest BCUT2D eigenvalue weighted by atomic mass is 16.3. The second-order valence-corrected chi connectivity index (χ2v) is 4.90. The Labute approximate surface area is 94.7 Å². The third-order valence-corrected chi connectivity index (χ3v) is 3.77. The van der Waals surface area contributed by atoms with Crippen molar-refractivity contribution in [1.29, 1.82) is 0 Å². The molecule has 1 saturated heterocycles. The molecule has 0 saturated carbocycles. The van der Waals surface area contributed by atoms with E-state index in [1.54, 1.807) is 0 Å². The fourth-order valence-electron chi connectivity index (χ4n) is 2.37. The van der Waals surface area contributed by atoms with E-state index in [1.807, 2.05) is 0 Å². The molecule has 0 aromatic heterocycles. The van der Waals surface area contributed by atoms with Crippen molar-refractivity contribution < 1.29 is 5.11 Å². The van der Waals surface area contributed by atoms with Crippen molar-refractivity contribution in [2.45, 2.75) is 58.5 Å². The lowest BCUT2D eigenvalue weighted by atomic mass is 9.94. The Bertz CT molecular complexity index is 153. The summed E-state index contributed by atoms with van der Waals surface area (Å²) in [7, 11) is 0. The first-order valence-corrected chi connectivity index (χ1v) is 6.66. The molecular formula is C13H27NO. The zero-order valence-electron chi connectivity index (χ0n) is 10.4. The normalized spacial score (nSPS) is 21.8. The second kappa shape index (κ2) is 7.24. The van der Waals surface area contributed by atoms with Crippen LogP contribution in [0.25, 0.3) is 0 Å². The summed E-state index contributed by atoms with van der Waals surface area (Å²) in [5.74, 6) is 0.975. The Hall–Kier alpha value is -0.0800. The molecule has 2 nitrogen and oxygen atoms in total. The van der Waals surface area contributed by atoms with E-state index in [0.717, 1.165) is 25.2 Å².